The number of anilines is 1. The van der Waals surface area contributed by atoms with Crippen molar-refractivity contribution in [3.63, 3.8) is 0 Å². The Balaban J connectivity index is 2.10. The summed E-state index contributed by atoms with van der Waals surface area (Å²) in [5.41, 5.74) is 1.83. The van der Waals surface area contributed by atoms with Crippen molar-refractivity contribution >= 4 is 40.5 Å². The van der Waals surface area contributed by atoms with E-state index in [1.807, 2.05) is 31.2 Å². The summed E-state index contributed by atoms with van der Waals surface area (Å²) in [5, 5.41) is 4.81. The molecule has 2 aromatic carbocycles. The monoisotopic (exact) mass is 359 g/mol. The van der Waals surface area contributed by atoms with Gasteiger partial charge in [-0.25, -0.2) is 0 Å². The van der Waals surface area contributed by atoms with Gasteiger partial charge in [-0.15, -0.1) is 0 Å². The lowest BCUT2D eigenvalue weighted by atomic mass is 10.2. The van der Waals surface area contributed by atoms with Gasteiger partial charge >= 0.3 is 0 Å². The molecular formula is C16H16Cl3NO2. The number of nitrogens with one attached hydrogen (secondary N) is 1. The van der Waals surface area contributed by atoms with Gasteiger partial charge < -0.3 is 14.8 Å². The number of methoxy groups -OCH3 is 1. The number of rotatable bonds is 6. The van der Waals surface area contributed by atoms with E-state index in [4.69, 9.17) is 44.3 Å². The fraction of sp³-hybridized carbons (Fsp3) is 0.250. The third-order valence-electron chi connectivity index (χ3n) is 3.00. The maximum absolute atomic E-state index is 6.19. The molecule has 6 heteroatoms. The number of benzene rings is 2. The molecular weight excluding hydrogens is 345 g/mol. The quantitative estimate of drug-likeness (QED) is 0.720. The fourth-order valence-electron chi connectivity index (χ4n) is 1.98. The summed E-state index contributed by atoms with van der Waals surface area (Å²) >= 11 is 18.5. The van der Waals surface area contributed by atoms with E-state index in [2.05, 4.69) is 5.32 Å². The molecule has 0 aliphatic carbocycles. The van der Waals surface area contributed by atoms with Crippen molar-refractivity contribution in [2.24, 2.45) is 0 Å². The molecule has 0 aromatic heterocycles. The third kappa shape index (κ3) is 4.13. The van der Waals surface area contributed by atoms with Crippen LogP contribution in [0, 0.1) is 0 Å². The van der Waals surface area contributed by atoms with E-state index in [9.17, 15) is 0 Å². The molecule has 3 nitrogen and oxygen atoms in total. The highest BCUT2D eigenvalue weighted by Gasteiger charge is 2.09. The Morgan fingerprint density at radius 3 is 2.23 bits per heavy atom. The Hall–Kier alpha value is -1.29. The van der Waals surface area contributed by atoms with Crippen LogP contribution >= 0.6 is 34.8 Å². The van der Waals surface area contributed by atoms with Crippen molar-refractivity contribution < 1.29 is 9.47 Å². The first kappa shape index (κ1) is 17.1. The van der Waals surface area contributed by atoms with Crippen LogP contribution in [-0.4, -0.2) is 13.7 Å². The molecule has 2 aromatic rings. The predicted molar refractivity (Wildman–Crippen MR) is 93.0 cm³/mol. The smallest absolute Gasteiger partial charge is 0.156 e. The Morgan fingerprint density at radius 1 is 1.00 bits per heavy atom. The Morgan fingerprint density at radius 2 is 1.68 bits per heavy atom. The van der Waals surface area contributed by atoms with E-state index in [0.717, 1.165) is 11.3 Å². The van der Waals surface area contributed by atoms with Gasteiger partial charge in [0, 0.05) is 12.2 Å². The van der Waals surface area contributed by atoms with E-state index < -0.39 is 0 Å². The van der Waals surface area contributed by atoms with Crippen LogP contribution in [0.1, 0.15) is 12.5 Å². The Kier molecular flexibility index (Phi) is 6.07. The van der Waals surface area contributed by atoms with Gasteiger partial charge in [0.05, 0.1) is 28.8 Å². The molecule has 0 amide bonds. The van der Waals surface area contributed by atoms with E-state index in [-0.39, 0.29) is 0 Å². The van der Waals surface area contributed by atoms with Crippen molar-refractivity contribution in [1.82, 2.24) is 0 Å². The fourth-order valence-corrected chi connectivity index (χ4v) is 2.88. The number of halogens is 3. The zero-order chi connectivity index (χ0) is 16.1. The summed E-state index contributed by atoms with van der Waals surface area (Å²) in [4.78, 5) is 0. The van der Waals surface area contributed by atoms with Crippen molar-refractivity contribution in [1.29, 1.82) is 0 Å². The zero-order valence-electron chi connectivity index (χ0n) is 12.3. The minimum atomic E-state index is 0.499. The maximum atomic E-state index is 6.19. The molecule has 0 aliphatic rings. The Bertz CT molecular complexity index is 639. The summed E-state index contributed by atoms with van der Waals surface area (Å²) in [6.45, 7) is 2.96. The average molecular weight is 361 g/mol. The van der Waals surface area contributed by atoms with Gasteiger partial charge in [0.25, 0.3) is 0 Å². The second kappa shape index (κ2) is 7.82. The first-order valence-corrected chi connectivity index (χ1v) is 7.86. The van der Waals surface area contributed by atoms with Crippen LogP contribution in [0.25, 0.3) is 0 Å². The van der Waals surface area contributed by atoms with E-state index in [1.165, 1.54) is 0 Å². The van der Waals surface area contributed by atoms with Crippen LogP contribution in [0.2, 0.25) is 15.1 Å². The summed E-state index contributed by atoms with van der Waals surface area (Å²) in [5.74, 6) is 1.15. The van der Waals surface area contributed by atoms with Gasteiger partial charge in [0.15, 0.2) is 5.75 Å². The van der Waals surface area contributed by atoms with Crippen LogP contribution < -0.4 is 14.8 Å². The van der Waals surface area contributed by atoms with Gasteiger partial charge in [-0.2, -0.15) is 0 Å². The van der Waals surface area contributed by atoms with Crippen molar-refractivity contribution in [2.45, 2.75) is 13.5 Å². The van der Waals surface area contributed by atoms with Crippen LogP contribution in [0.4, 0.5) is 5.69 Å². The molecule has 22 heavy (non-hydrogen) atoms. The minimum Gasteiger partial charge on any atom is -0.495 e. The predicted octanol–water partition coefficient (Wildman–Crippen LogP) is 5.67. The maximum Gasteiger partial charge on any atom is 0.156 e. The van der Waals surface area contributed by atoms with Gasteiger partial charge in [0.2, 0.25) is 0 Å². The van der Waals surface area contributed by atoms with Crippen LogP contribution in [0.5, 0.6) is 11.5 Å². The first-order chi connectivity index (χ1) is 10.5. The molecule has 0 radical (unpaired) electrons. The second-order valence-electron chi connectivity index (χ2n) is 4.52. The molecule has 0 aliphatic heterocycles. The molecule has 0 saturated heterocycles. The minimum absolute atomic E-state index is 0.499. The molecule has 2 rings (SSSR count). The van der Waals surface area contributed by atoms with Crippen LogP contribution in [-0.2, 0) is 6.54 Å². The molecule has 118 valence electrons. The van der Waals surface area contributed by atoms with E-state index in [1.54, 1.807) is 13.2 Å². The molecule has 0 atom stereocenters. The van der Waals surface area contributed by atoms with Crippen molar-refractivity contribution in [3.05, 3.63) is 51.0 Å². The van der Waals surface area contributed by atoms with Gasteiger partial charge in [0.1, 0.15) is 5.75 Å². The number of hydrogen-bond acceptors (Lipinski definition) is 3. The Labute approximate surface area is 145 Å². The molecule has 0 unspecified atom stereocenters. The highest BCUT2D eigenvalue weighted by atomic mass is 35.5. The van der Waals surface area contributed by atoms with Crippen LogP contribution in [0.15, 0.2) is 30.3 Å². The first-order valence-electron chi connectivity index (χ1n) is 6.73. The van der Waals surface area contributed by atoms with Crippen molar-refractivity contribution in [3.8, 4) is 11.5 Å². The highest BCUT2D eigenvalue weighted by molar-refractivity contribution is 6.37. The second-order valence-corrected chi connectivity index (χ2v) is 5.75. The standard InChI is InChI=1S/C16H16Cl3NO2/c1-3-22-16-13(18)6-10(7-14(16)19)9-20-11-4-5-15(21-2)12(17)8-11/h4-8,20H,3,9H2,1-2H3. The number of ether oxygens (including phenoxy) is 2. The summed E-state index contributed by atoms with van der Waals surface area (Å²) in [6.07, 6.45) is 0. The van der Waals surface area contributed by atoms with Crippen LogP contribution in [0.3, 0.4) is 0 Å². The third-order valence-corrected chi connectivity index (χ3v) is 3.85. The topological polar surface area (TPSA) is 30.5 Å². The number of hydrogen-bond donors (Lipinski definition) is 1. The molecule has 1 N–H and O–H groups in total. The lowest BCUT2D eigenvalue weighted by molar-refractivity contribution is 0.340. The van der Waals surface area contributed by atoms with Gasteiger partial charge in [-0.1, -0.05) is 34.8 Å². The molecule has 0 spiro atoms. The average Bonchev–Trinajstić information content (AvgIpc) is 2.49. The molecule has 0 fully saturated rings. The highest BCUT2D eigenvalue weighted by Crippen LogP contribution is 2.34. The summed E-state index contributed by atoms with van der Waals surface area (Å²) in [7, 11) is 1.58. The SMILES string of the molecule is CCOc1c(Cl)cc(CNc2ccc(OC)c(Cl)c2)cc1Cl. The largest absolute Gasteiger partial charge is 0.495 e. The lowest BCUT2D eigenvalue weighted by Crippen LogP contribution is -2.01. The summed E-state index contributed by atoms with van der Waals surface area (Å²) < 4.78 is 10.5. The van der Waals surface area contributed by atoms with Crippen molar-refractivity contribution in [2.75, 3.05) is 19.0 Å². The molecule has 0 heterocycles. The normalized spacial score (nSPS) is 10.4. The molecule has 0 saturated carbocycles. The summed E-state index contributed by atoms with van der Waals surface area (Å²) in [6, 6.07) is 9.16. The van der Waals surface area contributed by atoms with Gasteiger partial charge in [-0.05, 0) is 42.8 Å². The van der Waals surface area contributed by atoms with E-state index >= 15 is 0 Å². The zero-order valence-corrected chi connectivity index (χ0v) is 14.5. The van der Waals surface area contributed by atoms with E-state index in [0.29, 0.717) is 39.7 Å². The van der Waals surface area contributed by atoms with Gasteiger partial charge in [-0.3, -0.25) is 0 Å². The molecule has 0 bridgehead atoms. The lowest BCUT2D eigenvalue weighted by Gasteiger charge is -2.12.